The van der Waals surface area contributed by atoms with E-state index < -0.39 is 5.91 Å². The van der Waals surface area contributed by atoms with Crippen LogP contribution in [0.15, 0.2) is 0 Å². The first kappa shape index (κ1) is 18.2. The molecule has 0 saturated heterocycles. The molecule has 5 nitrogen and oxygen atoms in total. The Balaban J connectivity index is 0.00000324. The summed E-state index contributed by atoms with van der Waals surface area (Å²) in [6, 6.07) is 0.128. The maximum atomic E-state index is 12.2. The van der Waals surface area contributed by atoms with Crippen molar-refractivity contribution in [3.8, 4) is 0 Å². The highest BCUT2D eigenvalue weighted by atomic mass is 35.5. The van der Waals surface area contributed by atoms with Crippen molar-refractivity contribution >= 4 is 24.2 Å². The SMILES string of the molecule is CC(C)CN(CC(N)=O)C(=O)C[C@@H]1CCC[C@H]1N.Cl. The molecule has 112 valence electrons. The van der Waals surface area contributed by atoms with E-state index in [1.165, 1.54) is 0 Å². The standard InChI is InChI=1S/C13H25N3O2.ClH/c1-9(2)7-16(8-12(15)17)13(18)6-10-4-3-5-11(10)14;/h9-11H,3-8,14H2,1-2H3,(H2,15,17);1H/t10-,11+;/m0./s1. The van der Waals surface area contributed by atoms with Crippen molar-refractivity contribution in [1.29, 1.82) is 0 Å². The van der Waals surface area contributed by atoms with Crippen molar-refractivity contribution < 1.29 is 9.59 Å². The largest absolute Gasteiger partial charge is 0.368 e. The lowest BCUT2D eigenvalue weighted by atomic mass is 9.99. The van der Waals surface area contributed by atoms with Gasteiger partial charge in [-0.3, -0.25) is 9.59 Å². The van der Waals surface area contributed by atoms with Crippen molar-refractivity contribution in [2.45, 2.75) is 45.6 Å². The highest BCUT2D eigenvalue weighted by Gasteiger charge is 2.28. The van der Waals surface area contributed by atoms with Gasteiger partial charge in [-0.2, -0.15) is 0 Å². The smallest absolute Gasteiger partial charge is 0.237 e. The van der Waals surface area contributed by atoms with E-state index in [1.807, 2.05) is 13.8 Å². The van der Waals surface area contributed by atoms with Crippen LogP contribution in [0.25, 0.3) is 0 Å². The van der Waals surface area contributed by atoms with Gasteiger partial charge in [-0.15, -0.1) is 12.4 Å². The molecule has 2 atom stereocenters. The molecule has 4 N–H and O–H groups in total. The molecule has 2 amide bonds. The topological polar surface area (TPSA) is 89.4 Å². The van der Waals surface area contributed by atoms with Gasteiger partial charge in [-0.25, -0.2) is 0 Å². The molecule has 0 aromatic heterocycles. The van der Waals surface area contributed by atoms with Gasteiger partial charge in [0.25, 0.3) is 0 Å². The zero-order chi connectivity index (χ0) is 13.7. The maximum absolute atomic E-state index is 12.2. The average molecular weight is 292 g/mol. The highest BCUT2D eigenvalue weighted by Crippen LogP contribution is 2.27. The maximum Gasteiger partial charge on any atom is 0.237 e. The third kappa shape index (κ3) is 6.25. The summed E-state index contributed by atoms with van der Waals surface area (Å²) in [5.74, 6) is 0.134. The fourth-order valence-electron chi connectivity index (χ4n) is 2.56. The van der Waals surface area contributed by atoms with Gasteiger partial charge in [-0.1, -0.05) is 20.3 Å². The third-order valence-corrected chi connectivity index (χ3v) is 3.44. The van der Waals surface area contributed by atoms with Gasteiger partial charge in [0.05, 0.1) is 6.54 Å². The highest BCUT2D eigenvalue weighted by molar-refractivity contribution is 5.85. The zero-order valence-corrected chi connectivity index (χ0v) is 12.6. The molecule has 0 spiro atoms. The van der Waals surface area contributed by atoms with Crippen LogP contribution in [0.5, 0.6) is 0 Å². The van der Waals surface area contributed by atoms with E-state index in [4.69, 9.17) is 11.5 Å². The minimum absolute atomic E-state index is 0. The summed E-state index contributed by atoms with van der Waals surface area (Å²) in [5, 5.41) is 0. The lowest BCUT2D eigenvalue weighted by Gasteiger charge is -2.25. The summed E-state index contributed by atoms with van der Waals surface area (Å²) in [4.78, 5) is 24.7. The number of hydrogen-bond donors (Lipinski definition) is 2. The Labute approximate surface area is 121 Å². The van der Waals surface area contributed by atoms with E-state index in [0.717, 1.165) is 19.3 Å². The van der Waals surface area contributed by atoms with E-state index in [0.29, 0.717) is 18.9 Å². The Bertz CT molecular complexity index is 310. The number of amides is 2. The molecule has 0 bridgehead atoms. The molecule has 1 aliphatic carbocycles. The second kappa shape index (κ2) is 8.38. The van der Waals surface area contributed by atoms with E-state index in [1.54, 1.807) is 4.90 Å². The van der Waals surface area contributed by atoms with Crippen LogP contribution in [-0.2, 0) is 9.59 Å². The number of hydrogen-bond acceptors (Lipinski definition) is 3. The Morgan fingerprint density at radius 2 is 1.95 bits per heavy atom. The van der Waals surface area contributed by atoms with Crippen molar-refractivity contribution in [3.05, 3.63) is 0 Å². The molecule has 0 radical (unpaired) electrons. The molecule has 19 heavy (non-hydrogen) atoms. The van der Waals surface area contributed by atoms with Gasteiger partial charge >= 0.3 is 0 Å². The van der Waals surface area contributed by atoms with E-state index in [9.17, 15) is 9.59 Å². The van der Waals surface area contributed by atoms with Crippen LogP contribution >= 0.6 is 12.4 Å². The monoisotopic (exact) mass is 291 g/mol. The van der Waals surface area contributed by atoms with Crippen LogP contribution in [0.1, 0.15) is 39.5 Å². The number of primary amides is 1. The molecule has 1 aliphatic rings. The van der Waals surface area contributed by atoms with E-state index >= 15 is 0 Å². The summed E-state index contributed by atoms with van der Waals surface area (Å²) in [6.07, 6.45) is 3.55. The van der Waals surface area contributed by atoms with Gasteiger partial charge in [0, 0.05) is 19.0 Å². The fraction of sp³-hybridized carbons (Fsp3) is 0.846. The number of nitrogens with two attached hydrogens (primary N) is 2. The molecule has 0 unspecified atom stereocenters. The molecular formula is C13H26ClN3O2. The molecule has 0 aromatic rings. The first-order chi connectivity index (χ1) is 8.40. The van der Waals surface area contributed by atoms with Crippen LogP contribution in [-0.4, -0.2) is 35.8 Å². The van der Waals surface area contributed by atoms with Gasteiger partial charge in [-0.05, 0) is 24.7 Å². The van der Waals surface area contributed by atoms with Crippen LogP contribution in [0.4, 0.5) is 0 Å². The van der Waals surface area contributed by atoms with Crippen molar-refractivity contribution in [1.82, 2.24) is 4.90 Å². The van der Waals surface area contributed by atoms with Gasteiger partial charge in [0.15, 0.2) is 0 Å². The number of nitrogens with zero attached hydrogens (tertiary/aromatic N) is 1. The predicted octanol–water partition coefficient (Wildman–Crippen LogP) is 0.896. The number of rotatable bonds is 6. The average Bonchev–Trinajstić information content (AvgIpc) is 2.62. The Morgan fingerprint density at radius 3 is 2.37 bits per heavy atom. The number of carbonyl (C=O) groups excluding carboxylic acids is 2. The quantitative estimate of drug-likeness (QED) is 0.762. The molecule has 0 aliphatic heterocycles. The number of halogens is 1. The lowest BCUT2D eigenvalue weighted by Crippen LogP contribution is -2.42. The van der Waals surface area contributed by atoms with Crippen LogP contribution in [0.2, 0.25) is 0 Å². The molecule has 1 rings (SSSR count). The normalized spacial score (nSPS) is 22.1. The first-order valence-electron chi connectivity index (χ1n) is 6.71. The molecule has 6 heteroatoms. The summed E-state index contributed by atoms with van der Waals surface area (Å²) >= 11 is 0. The summed E-state index contributed by atoms with van der Waals surface area (Å²) in [7, 11) is 0. The summed E-state index contributed by atoms with van der Waals surface area (Å²) in [6.45, 7) is 4.62. The molecule has 0 aromatic carbocycles. The molecule has 1 fully saturated rings. The molecular weight excluding hydrogens is 266 g/mol. The zero-order valence-electron chi connectivity index (χ0n) is 11.8. The van der Waals surface area contributed by atoms with Crippen molar-refractivity contribution in [2.24, 2.45) is 23.3 Å². The lowest BCUT2D eigenvalue weighted by molar-refractivity contribution is -0.136. The third-order valence-electron chi connectivity index (χ3n) is 3.44. The van der Waals surface area contributed by atoms with Crippen molar-refractivity contribution in [2.75, 3.05) is 13.1 Å². The minimum atomic E-state index is -0.459. The Hall–Kier alpha value is -0.810. The van der Waals surface area contributed by atoms with E-state index in [-0.39, 0.29) is 36.8 Å². The first-order valence-corrected chi connectivity index (χ1v) is 6.71. The second-order valence-electron chi connectivity index (χ2n) is 5.69. The fourth-order valence-corrected chi connectivity index (χ4v) is 2.56. The van der Waals surface area contributed by atoms with Gasteiger partial charge < -0.3 is 16.4 Å². The summed E-state index contributed by atoms with van der Waals surface area (Å²) < 4.78 is 0. The second-order valence-corrected chi connectivity index (χ2v) is 5.69. The Morgan fingerprint density at radius 1 is 1.32 bits per heavy atom. The van der Waals surface area contributed by atoms with Crippen LogP contribution < -0.4 is 11.5 Å². The van der Waals surface area contributed by atoms with Crippen LogP contribution in [0.3, 0.4) is 0 Å². The minimum Gasteiger partial charge on any atom is -0.368 e. The van der Waals surface area contributed by atoms with Crippen LogP contribution in [0, 0.1) is 11.8 Å². The summed E-state index contributed by atoms with van der Waals surface area (Å²) in [5.41, 5.74) is 11.2. The predicted molar refractivity (Wildman–Crippen MR) is 77.8 cm³/mol. The van der Waals surface area contributed by atoms with E-state index in [2.05, 4.69) is 0 Å². The van der Waals surface area contributed by atoms with Gasteiger partial charge in [0.1, 0.15) is 0 Å². The van der Waals surface area contributed by atoms with Crippen molar-refractivity contribution in [3.63, 3.8) is 0 Å². The van der Waals surface area contributed by atoms with Gasteiger partial charge in [0.2, 0.25) is 11.8 Å². The molecule has 0 heterocycles. The molecule has 1 saturated carbocycles. The Kier molecular flexibility index (Phi) is 8.02. The number of carbonyl (C=O) groups is 2.